The van der Waals surface area contributed by atoms with Crippen LogP contribution in [0.3, 0.4) is 0 Å². The second-order valence-corrected chi connectivity index (χ2v) is 8.57. The molecule has 3 aliphatic rings. The predicted octanol–water partition coefficient (Wildman–Crippen LogP) is 2.32. The summed E-state index contributed by atoms with van der Waals surface area (Å²) in [5.74, 6) is 0.950. The van der Waals surface area contributed by atoms with E-state index in [1.807, 2.05) is 16.9 Å². The second kappa shape index (κ2) is 8.73. The van der Waals surface area contributed by atoms with Gasteiger partial charge >= 0.3 is 0 Å². The molecule has 0 atom stereocenters. The van der Waals surface area contributed by atoms with Crippen molar-refractivity contribution >= 4 is 29.0 Å². The summed E-state index contributed by atoms with van der Waals surface area (Å²) in [5.41, 5.74) is 3.19. The van der Waals surface area contributed by atoms with Crippen LogP contribution in [0.1, 0.15) is 37.8 Å². The Labute approximate surface area is 177 Å². The predicted molar refractivity (Wildman–Crippen MR) is 119 cm³/mol. The Hall–Kier alpha value is -2.45. The average molecular weight is 411 g/mol. The number of fused-ring (bicyclic) bond motifs is 1. The first-order valence-electron chi connectivity index (χ1n) is 11.2. The van der Waals surface area contributed by atoms with E-state index in [1.165, 1.54) is 37.7 Å². The highest BCUT2D eigenvalue weighted by Crippen LogP contribution is 2.32. The van der Waals surface area contributed by atoms with Crippen LogP contribution in [-0.4, -0.2) is 88.5 Å². The fourth-order valence-electron chi connectivity index (χ4n) is 4.75. The van der Waals surface area contributed by atoms with Crippen molar-refractivity contribution in [3.63, 3.8) is 0 Å². The lowest BCUT2D eigenvalue weighted by Gasteiger charge is -2.27. The van der Waals surface area contributed by atoms with Gasteiger partial charge in [0.25, 0.3) is 0 Å². The van der Waals surface area contributed by atoms with E-state index in [0.29, 0.717) is 6.04 Å². The number of aromatic amines is 1. The normalized spacial score (nSPS) is 21.4. The molecule has 5 rings (SSSR count). The number of hydrogen-bond acceptors (Lipinski definition) is 6. The number of aromatic nitrogens is 3. The summed E-state index contributed by atoms with van der Waals surface area (Å²) >= 11 is 0. The van der Waals surface area contributed by atoms with Crippen LogP contribution >= 0.6 is 0 Å². The minimum absolute atomic E-state index is 0.506. The number of nitrogens with zero attached hydrogens (tertiary/aromatic N) is 5. The Morgan fingerprint density at radius 1 is 1.20 bits per heavy atom. The van der Waals surface area contributed by atoms with Crippen molar-refractivity contribution in [2.75, 3.05) is 51.3 Å². The van der Waals surface area contributed by atoms with Gasteiger partial charge in [-0.1, -0.05) is 19.3 Å². The summed E-state index contributed by atoms with van der Waals surface area (Å²) in [4.78, 5) is 7.13. The molecule has 1 saturated heterocycles. The number of H-pyrrole nitrogens is 1. The third-order valence-corrected chi connectivity index (χ3v) is 6.50. The molecule has 30 heavy (non-hydrogen) atoms. The van der Waals surface area contributed by atoms with Crippen LogP contribution in [0.4, 0.5) is 5.82 Å². The number of hydrogen-bond donors (Lipinski definition) is 2. The molecule has 0 radical (unpaired) electrons. The van der Waals surface area contributed by atoms with Crippen molar-refractivity contribution < 1.29 is 9.42 Å². The summed E-state index contributed by atoms with van der Waals surface area (Å²) < 4.78 is 7.48. The minimum atomic E-state index is 0.506. The van der Waals surface area contributed by atoms with Crippen molar-refractivity contribution in [1.29, 1.82) is 0 Å². The maximum atomic E-state index is 5.45. The van der Waals surface area contributed by atoms with Crippen LogP contribution in [-0.2, 0) is 4.74 Å². The molecule has 0 amide bonds. The van der Waals surface area contributed by atoms with Gasteiger partial charge in [-0.2, -0.15) is 10.1 Å². The summed E-state index contributed by atoms with van der Waals surface area (Å²) in [5, 5.41) is 14.9. The monoisotopic (exact) mass is 410 g/mol. The SMILES string of the molecule is C=[N+]1CC(c2n[nH]c3ccnc(NC4CCCCC4)c23)=CN1CCN1CCOCC1. The molecular formula is C22H32N7O+. The van der Waals surface area contributed by atoms with Crippen LogP contribution in [0.5, 0.6) is 0 Å². The Morgan fingerprint density at radius 2 is 2.03 bits per heavy atom. The standard InChI is InChI=1S/C22H32N7O/c1-27-15-17(16-29(27)10-9-28-11-13-30-14-12-28)21-20-19(25-26-21)7-8-23-22(20)24-18-5-3-2-4-6-18/h7-8,16,18H,1-6,9-15H2,(H,23,24)(H,25,26)/q+1. The van der Waals surface area contributed by atoms with E-state index in [9.17, 15) is 0 Å². The number of nitrogens with one attached hydrogen (secondary N) is 2. The van der Waals surface area contributed by atoms with Crippen LogP contribution in [0.25, 0.3) is 16.5 Å². The molecule has 4 heterocycles. The third-order valence-electron chi connectivity index (χ3n) is 6.50. The van der Waals surface area contributed by atoms with Crippen molar-refractivity contribution in [1.82, 2.24) is 25.1 Å². The Kier molecular flexibility index (Phi) is 5.68. The molecule has 0 bridgehead atoms. The van der Waals surface area contributed by atoms with Crippen LogP contribution in [0.15, 0.2) is 18.5 Å². The number of ether oxygens (including phenoxy) is 1. The lowest BCUT2D eigenvalue weighted by molar-refractivity contribution is -0.651. The van der Waals surface area contributed by atoms with Crippen LogP contribution in [0.2, 0.25) is 0 Å². The molecule has 1 saturated carbocycles. The maximum absolute atomic E-state index is 5.45. The largest absolute Gasteiger partial charge is 0.379 e. The summed E-state index contributed by atoms with van der Waals surface area (Å²) in [6, 6.07) is 2.51. The Morgan fingerprint density at radius 3 is 2.87 bits per heavy atom. The molecule has 0 spiro atoms. The molecule has 2 fully saturated rings. The van der Waals surface area contributed by atoms with Crippen molar-refractivity contribution in [3.05, 3.63) is 24.2 Å². The number of anilines is 1. The van der Waals surface area contributed by atoms with Crippen molar-refractivity contribution in [3.8, 4) is 0 Å². The van der Waals surface area contributed by atoms with Gasteiger partial charge in [0.05, 0.1) is 42.4 Å². The van der Waals surface area contributed by atoms with Gasteiger partial charge in [-0.15, -0.1) is 4.68 Å². The first-order valence-corrected chi connectivity index (χ1v) is 11.2. The van der Waals surface area contributed by atoms with E-state index in [2.05, 4.69) is 43.3 Å². The number of hydrazine groups is 1. The van der Waals surface area contributed by atoms with E-state index < -0.39 is 0 Å². The molecule has 8 heteroatoms. The lowest BCUT2D eigenvalue weighted by atomic mass is 9.95. The Bertz CT molecular complexity index is 925. The highest BCUT2D eigenvalue weighted by atomic mass is 16.5. The summed E-state index contributed by atoms with van der Waals surface area (Å²) in [6.07, 6.45) is 10.4. The zero-order valence-electron chi connectivity index (χ0n) is 17.6. The third kappa shape index (κ3) is 4.06. The Balaban J connectivity index is 1.35. The molecule has 1 aliphatic carbocycles. The molecule has 8 nitrogen and oxygen atoms in total. The van der Waals surface area contributed by atoms with E-state index in [0.717, 1.165) is 68.4 Å². The zero-order valence-corrected chi connectivity index (χ0v) is 17.6. The molecule has 2 aliphatic heterocycles. The van der Waals surface area contributed by atoms with E-state index in [1.54, 1.807) is 0 Å². The van der Waals surface area contributed by atoms with Gasteiger partial charge in [0, 0.05) is 31.9 Å². The average Bonchev–Trinajstić information content (AvgIpc) is 3.38. The highest BCUT2D eigenvalue weighted by Gasteiger charge is 2.29. The molecule has 160 valence electrons. The van der Waals surface area contributed by atoms with Crippen molar-refractivity contribution in [2.45, 2.75) is 38.1 Å². The van der Waals surface area contributed by atoms with Gasteiger partial charge in [0.15, 0.2) is 6.72 Å². The quantitative estimate of drug-likeness (QED) is 0.712. The van der Waals surface area contributed by atoms with Gasteiger partial charge in [0.2, 0.25) is 6.54 Å². The second-order valence-electron chi connectivity index (χ2n) is 8.57. The van der Waals surface area contributed by atoms with E-state index in [-0.39, 0.29) is 0 Å². The van der Waals surface area contributed by atoms with Crippen LogP contribution < -0.4 is 5.32 Å². The number of morpholine rings is 1. The first-order chi connectivity index (χ1) is 14.8. The smallest absolute Gasteiger partial charge is 0.200 e. The number of rotatable bonds is 6. The maximum Gasteiger partial charge on any atom is 0.200 e. The number of pyridine rings is 1. The van der Waals surface area contributed by atoms with Gasteiger partial charge in [-0.05, 0) is 18.9 Å². The number of hydrazone groups is 1. The van der Waals surface area contributed by atoms with Gasteiger partial charge < -0.3 is 10.1 Å². The molecular weight excluding hydrogens is 378 g/mol. The molecule has 0 aromatic carbocycles. The molecule has 2 N–H and O–H groups in total. The fraction of sp³-hybridized carbons (Fsp3) is 0.591. The van der Waals surface area contributed by atoms with Gasteiger partial charge in [-0.25, -0.2) is 4.98 Å². The first kappa shape index (κ1) is 19.5. The topological polar surface area (TPSA) is 72.3 Å². The lowest BCUT2D eigenvalue weighted by Crippen LogP contribution is -2.41. The molecule has 2 aromatic rings. The minimum Gasteiger partial charge on any atom is -0.379 e. The van der Waals surface area contributed by atoms with E-state index in [4.69, 9.17) is 4.74 Å². The van der Waals surface area contributed by atoms with Crippen molar-refractivity contribution in [2.24, 2.45) is 0 Å². The summed E-state index contributed by atoms with van der Waals surface area (Å²) in [6.45, 7) is 10.6. The fourth-order valence-corrected chi connectivity index (χ4v) is 4.75. The highest BCUT2D eigenvalue weighted by molar-refractivity contribution is 5.98. The molecule has 0 unspecified atom stereocenters. The molecule has 2 aromatic heterocycles. The van der Waals surface area contributed by atoms with Gasteiger partial charge in [-0.3, -0.25) is 10.00 Å². The van der Waals surface area contributed by atoms with Gasteiger partial charge in [0.1, 0.15) is 11.5 Å². The summed E-state index contributed by atoms with van der Waals surface area (Å²) in [7, 11) is 0. The van der Waals surface area contributed by atoms with E-state index >= 15 is 0 Å². The van der Waals surface area contributed by atoms with Crippen LogP contribution in [0, 0.1) is 0 Å². The zero-order chi connectivity index (χ0) is 20.3.